The van der Waals surface area contributed by atoms with Gasteiger partial charge in [0.05, 0.1) is 25.2 Å². The van der Waals surface area contributed by atoms with E-state index in [0.717, 1.165) is 18.5 Å². The van der Waals surface area contributed by atoms with Crippen LogP contribution in [0.25, 0.3) is 0 Å². The molecule has 9 nitrogen and oxygen atoms in total. The Bertz CT molecular complexity index is 949. The lowest BCUT2D eigenvalue weighted by molar-refractivity contribution is -0.119. The first-order valence-electron chi connectivity index (χ1n) is 13.6. The molecule has 39 heavy (non-hydrogen) atoms. The van der Waals surface area contributed by atoms with Gasteiger partial charge in [-0.15, -0.1) is 0 Å². The molecule has 0 radical (unpaired) electrons. The van der Waals surface area contributed by atoms with Gasteiger partial charge in [0.2, 0.25) is 5.91 Å². The fourth-order valence-corrected chi connectivity index (χ4v) is 3.23. The molecule has 0 aromatic heterocycles. The summed E-state index contributed by atoms with van der Waals surface area (Å²) in [6.07, 6.45) is 11.0. The summed E-state index contributed by atoms with van der Waals surface area (Å²) in [5, 5.41) is 17.6. The minimum absolute atomic E-state index is 0.0915. The van der Waals surface area contributed by atoms with Gasteiger partial charge in [-0.3, -0.25) is 14.7 Å². The van der Waals surface area contributed by atoms with E-state index >= 15 is 0 Å². The third-order valence-electron chi connectivity index (χ3n) is 5.40. The van der Waals surface area contributed by atoms with Crippen molar-refractivity contribution in [2.24, 2.45) is 10.9 Å². The topological polar surface area (TPSA) is 119 Å². The van der Waals surface area contributed by atoms with Crippen molar-refractivity contribution in [3.8, 4) is 6.07 Å². The number of carbonyl (C=O) groups excluding carboxylic acids is 2. The molecule has 0 spiro atoms. The Balaban J connectivity index is 0.000000808. The average molecular weight is 547 g/mol. The monoisotopic (exact) mass is 546 g/mol. The molecule has 1 fully saturated rings. The van der Waals surface area contributed by atoms with E-state index in [0.29, 0.717) is 18.2 Å². The Morgan fingerprint density at radius 3 is 2.62 bits per heavy atom. The number of hydrogen-bond donors (Lipinski definition) is 3. The van der Waals surface area contributed by atoms with E-state index in [1.807, 2.05) is 53.0 Å². The second kappa shape index (κ2) is 20.5. The number of carbonyl (C=O) groups is 2. The first kappa shape index (κ1) is 35.5. The molecule has 1 saturated heterocycles. The van der Waals surface area contributed by atoms with Gasteiger partial charge < -0.3 is 20.7 Å². The number of aliphatic imine (C=N–C) groups is 1. The molecule has 218 valence electrons. The number of ether oxygens (including phenoxy) is 1. The maximum absolute atomic E-state index is 14.3. The molecule has 3 unspecified atom stereocenters. The van der Waals surface area contributed by atoms with Crippen molar-refractivity contribution in [1.82, 2.24) is 20.9 Å². The molecule has 2 aliphatic heterocycles. The van der Waals surface area contributed by atoms with Gasteiger partial charge in [0.25, 0.3) is 0 Å². The van der Waals surface area contributed by atoms with Crippen molar-refractivity contribution in [2.75, 3.05) is 19.6 Å². The summed E-state index contributed by atoms with van der Waals surface area (Å²) in [6.45, 7) is 16.2. The van der Waals surface area contributed by atoms with Crippen LogP contribution in [-0.4, -0.2) is 60.9 Å². The van der Waals surface area contributed by atoms with Crippen LogP contribution >= 0.6 is 0 Å². The number of allylic oxidation sites excluding steroid dienone is 5. The van der Waals surface area contributed by atoms with Gasteiger partial charge >= 0.3 is 6.09 Å². The molecule has 0 saturated carbocycles. The molecule has 2 heterocycles. The van der Waals surface area contributed by atoms with E-state index in [1.165, 1.54) is 17.9 Å². The maximum atomic E-state index is 14.3. The number of halogens is 1. The largest absolute Gasteiger partial charge is 0.442 e. The highest BCUT2D eigenvalue weighted by Gasteiger charge is 2.33. The summed E-state index contributed by atoms with van der Waals surface area (Å²) in [6, 6.07) is 1.67. The quantitative estimate of drug-likeness (QED) is 0.310. The van der Waals surface area contributed by atoms with Crippen LogP contribution in [0.2, 0.25) is 0 Å². The van der Waals surface area contributed by atoms with Crippen LogP contribution in [0.1, 0.15) is 68.2 Å². The van der Waals surface area contributed by atoms with Gasteiger partial charge in [-0.05, 0) is 51.0 Å². The Morgan fingerprint density at radius 1 is 1.36 bits per heavy atom. The maximum Gasteiger partial charge on any atom is 0.414 e. The van der Waals surface area contributed by atoms with E-state index in [2.05, 4.69) is 27.0 Å². The van der Waals surface area contributed by atoms with E-state index in [-0.39, 0.29) is 30.9 Å². The normalized spacial score (nSPS) is 18.4. The van der Waals surface area contributed by atoms with E-state index in [1.54, 1.807) is 26.1 Å². The smallest absolute Gasteiger partial charge is 0.414 e. The molecule has 3 atom stereocenters. The summed E-state index contributed by atoms with van der Waals surface area (Å²) < 4.78 is 19.5. The zero-order valence-corrected chi connectivity index (χ0v) is 24.8. The molecule has 10 heteroatoms. The number of rotatable bonds is 11. The first-order chi connectivity index (χ1) is 18.6. The Kier molecular flexibility index (Phi) is 18.7. The summed E-state index contributed by atoms with van der Waals surface area (Å²) in [5.41, 5.74) is 1.49. The molecule has 2 aliphatic rings. The minimum atomic E-state index is -0.537. The van der Waals surface area contributed by atoms with Gasteiger partial charge in [-0.25, -0.2) is 9.18 Å². The zero-order chi connectivity index (χ0) is 29.8. The molecule has 0 bridgehead atoms. The van der Waals surface area contributed by atoms with Gasteiger partial charge in [0, 0.05) is 37.2 Å². The molecular formula is C29H47FN6O3. The summed E-state index contributed by atoms with van der Waals surface area (Å²) in [4.78, 5) is 28.3. The van der Waals surface area contributed by atoms with Crippen LogP contribution in [-0.2, 0) is 9.53 Å². The minimum Gasteiger partial charge on any atom is -0.442 e. The first-order valence-corrected chi connectivity index (χ1v) is 13.6. The fourth-order valence-electron chi connectivity index (χ4n) is 3.23. The van der Waals surface area contributed by atoms with Crippen LogP contribution in [0.4, 0.5) is 9.18 Å². The fraction of sp³-hybridized carbons (Fsp3) is 0.586. The SMILES string of the molecule is C/C=C(\C=C(\F)C(C)NCC(C)C)N1CC(CNC(C)=O)OC1=O.CC.CCC(C#N)NC1=CC=CN=CC1. The van der Waals surface area contributed by atoms with Gasteiger partial charge in [0.1, 0.15) is 18.0 Å². The van der Waals surface area contributed by atoms with E-state index in [9.17, 15) is 14.0 Å². The Hall–Kier alpha value is -3.45. The van der Waals surface area contributed by atoms with E-state index in [4.69, 9.17) is 10.00 Å². The molecule has 2 amide bonds. The highest BCUT2D eigenvalue weighted by atomic mass is 19.1. The number of nitriles is 1. The van der Waals surface area contributed by atoms with E-state index < -0.39 is 18.2 Å². The number of nitrogens with one attached hydrogen (secondary N) is 3. The molecule has 2 rings (SSSR count). The van der Waals surface area contributed by atoms with Crippen LogP contribution in [0.15, 0.2) is 52.7 Å². The van der Waals surface area contributed by atoms with Crippen molar-refractivity contribution in [3.63, 3.8) is 0 Å². The Morgan fingerprint density at radius 2 is 2.05 bits per heavy atom. The second-order valence-electron chi connectivity index (χ2n) is 9.12. The molecule has 3 N–H and O–H groups in total. The number of hydrogen-bond acceptors (Lipinski definition) is 7. The molecule has 0 aromatic carbocycles. The van der Waals surface area contributed by atoms with Crippen molar-refractivity contribution < 1.29 is 18.7 Å². The highest BCUT2D eigenvalue weighted by Crippen LogP contribution is 2.20. The summed E-state index contributed by atoms with van der Waals surface area (Å²) in [7, 11) is 0. The lowest BCUT2D eigenvalue weighted by atomic mass is 10.2. The predicted molar refractivity (Wildman–Crippen MR) is 155 cm³/mol. The molecule has 0 aliphatic carbocycles. The van der Waals surface area contributed by atoms with Gasteiger partial charge in [-0.2, -0.15) is 5.26 Å². The van der Waals surface area contributed by atoms with Crippen LogP contribution in [0.5, 0.6) is 0 Å². The van der Waals surface area contributed by atoms with Gasteiger partial charge in [-0.1, -0.05) is 40.7 Å². The number of amides is 2. The number of cyclic esters (lactones) is 1. The second-order valence-corrected chi connectivity index (χ2v) is 9.12. The predicted octanol–water partition coefficient (Wildman–Crippen LogP) is 5.11. The third kappa shape index (κ3) is 14.9. The summed E-state index contributed by atoms with van der Waals surface area (Å²) >= 11 is 0. The van der Waals surface area contributed by atoms with Crippen molar-refractivity contribution in [1.29, 1.82) is 5.26 Å². The van der Waals surface area contributed by atoms with Gasteiger partial charge in [0.15, 0.2) is 0 Å². The third-order valence-corrected chi connectivity index (χ3v) is 5.40. The lowest BCUT2D eigenvalue weighted by Gasteiger charge is -2.17. The van der Waals surface area contributed by atoms with Crippen molar-refractivity contribution >= 4 is 18.2 Å². The number of nitrogens with zero attached hydrogens (tertiary/aromatic N) is 3. The van der Waals surface area contributed by atoms with Crippen molar-refractivity contribution in [3.05, 3.63) is 47.7 Å². The standard InChI is InChI=1S/C17H28FN3O3.C10H13N3.C2H6/c1-6-14(7-16(18)12(4)19-8-11(2)3)21-10-15(24-17(21)23)9-20-13(5)22;1-2-9(8-11)13-10-4-3-6-12-7-5-10;1-2/h6-7,11-12,15,19H,8-10H2,1-5H3,(H,20,22);3-4,6-7,9,13H,2,5H2,1H3;1-2H3/b14-6+,16-7+;;. The Labute approximate surface area is 233 Å². The molecule has 0 aromatic rings. The lowest BCUT2D eigenvalue weighted by Crippen LogP contribution is -2.33. The average Bonchev–Trinajstić information content (AvgIpc) is 3.11. The van der Waals surface area contributed by atoms with Crippen LogP contribution < -0.4 is 16.0 Å². The van der Waals surface area contributed by atoms with Crippen molar-refractivity contribution in [2.45, 2.75) is 86.4 Å². The highest BCUT2D eigenvalue weighted by molar-refractivity contribution is 5.74. The van der Waals surface area contributed by atoms with Crippen LogP contribution in [0.3, 0.4) is 0 Å². The van der Waals surface area contributed by atoms with Crippen LogP contribution in [0, 0.1) is 17.2 Å². The summed E-state index contributed by atoms with van der Waals surface area (Å²) in [5.74, 6) is -0.113. The zero-order valence-electron chi connectivity index (χ0n) is 24.8. The molecular weight excluding hydrogens is 499 g/mol.